The Labute approximate surface area is 205 Å². The van der Waals surface area contributed by atoms with Crippen LogP contribution < -0.4 is 11.3 Å². The molecule has 0 fully saturated rings. The minimum atomic E-state index is -1.14. The Morgan fingerprint density at radius 1 is 1.00 bits per heavy atom. The minimum absolute atomic E-state index is 0.179. The predicted octanol–water partition coefficient (Wildman–Crippen LogP) is 4.29. The molecule has 170 valence electrons. The van der Waals surface area contributed by atoms with Gasteiger partial charge in [-0.15, -0.1) is 0 Å². The second-order valence-corrected chi connectivity index (χ2v) is 8.92. The van der Waals surface area contributed by atoms with Gasteiger partial charge in [0.1, 0.15) is 10.7 Å². The van der Waals surface area contributed by atoms with Crippen LogP contribution in [0.3, 0.4) is 0 Å². The van der Waals surface area contributed by atoms with Gasteiger partial charge >= 0.3 is 0 Å². The van der Waals surface area contributed by atoms with E-state index in [2.05, 4.69) is 9.97 Å². The Hall–Kier alpha value is -3.52. The molecular weight excluding hydrogens is 471 g/mol. The first kappa shape index (κ1) is 22.3. The molecule has 1 atom stereocenters. The summed E-state index contributed by atoms with van der Waals surface area (Å²) in [6, 6.07) is 16.1. The second kappa shape index (κ2) is 8.36. The van der Waals surface area contributed by atoms with E-state index < -0.39 is 5.54 Å². The molecule has 0 spiro atoms. The number of pyridine rings is 3. The number of imidazole rings is 1. The number of hydrogen-bond acceptors (Lipinski definition) is 5. The molecular formula is C25H20Cl2N6O. The van der Waals surface area contributed by atoms with Crippen molar-refractivity contribution in [2.75, 3.05) is 0 Å². The highest BCUT2D eigenvalue weighted by Gasteiger charge is 2.36. The van der Waals surface area contributed by atoms with Crippen LogP contribution in [0, 0.1) is 0 Å². The molecule has 0 radical (unpaired) electrons. The van der Waals surface area contributed by atoms with Gasteiger partial charge in [-0.05, 0) is 35.9 Å². The van der Waals surface area contributed by atoms with Gasteiger partial charge in [0.25, 0.3) is 5.56 Å². The quantitative estimate of drug-likeness (QED) is 0.379. The molecule has 34 heavy (non-hydrogen) atoms. The van der Waals surface area contributed by atoms with E-state index in [1.165, 1.54) is 0 Å². The summed E-state index contributed by atoms with van der Waals surface area (Å²) in [5.41, 5.74) is 9.83. The van der Waals surface area contributed by atoms with Crippen molar-refractivity contribution in [3.05, 3.63) is 111 Å². The van der Waals surface area contributed by atoms with Crippen LogP contribution in [0.4, 0.5) is 0 Å². The molecule has 4 aromatic heterocycles. The van der Waals surface area contributed by atoms with Crippen LogP contribution in [-0.4, -0.2) is 24.1 Å². The van der Waals surface area contributed by atoms with Crippen LogP contribution in [0.25, 0.3) is 22.2 Å². The summed E-state index contributed by atoms with van der Waals surface area (Å²) in [6.45, 7) is 0. The van der Waals surface area contributed by atoms with E-state index in [0.717, 1.165) is 16.6 Å². The average Bonchev–Trinajstić information content (AvgIpc) is 3.27. The summed E-state index contributed by atoms with van der Waals surface area (Å²) < 4.78 is 3.41. The molecule has 5 rings (SSSR count). The maximum Gasteiger partial charge on any atom is 0.251 e. The third-order valence-electron chi connectivity index (χ3n) is 6.05. The maximum atomic E-state index is 12.7. The molecule has 9 heteroatoms. The zero-order valence-corrected chi connectivity index (χ0v) is 19.9. The number of halogens is 2. The SMILES string of the molecule is Cn1cncc1C(N)(c1ccc(Cl)cc1)c1cc2c(-c3cccc(Cl)n3)cc(=O)n(C)c2cn1. The van der Waals surface area contributed by atoms with Gasteiger partial charge in [0, 0.05) is 36.1 Å². The van der Waals surface area contributed by atoms with Crippen molar-refractivity contribution in [1.29, 1.82) is 0 Å². The van der Waals surface area contributed by atoms with Gasteiger partial charge in [0.2, 0.25) is 0 Å². The molecule has 1 unspecified atom stereocenters. The van der Waals surface area contributed by atoms with E-state index in [1.807, 2.05) is 35.9 Å². The molecule has 0 amide bonds. The topological polar surface area (TPSA) is 91.6 Å². The van der Waals surface area contributed by atoms with E-state index >= 15 is 0 Å². The molecule has 0 saturated carbocycles. The normalized spacial score (nSPS) is 13.2. The number of fused-ring (bicyclic) bond motifs is 1. The minimum Gasteiger partial charge on any atom is -0.335 e. The van der Waals surface area contributed by atoms with E-state index in [1.54, 1.807) is 60.7 Å². The molecule has 1 aromatic carbocycles. The highest BCUT2D eigenvalue weighted by Crippen LogP contribution is 2.36. The van der Waals surface area contributed by atoms with Crippen molar-refractivity contribution in [2.24, 2.45) is 19.8 Å². The maximum absolute atomic E-state index is 12.7. The van der Waals surface area contributed by atoms with Crippen molar-refractivity contribution < 1.29 is 0 Å². The average molecular weight is 491 g/mol. The van der Waals surface area contributed by atoms with E-state index in [0.29, 0.717) is 32.6 Å². The number of rotatable bonds is 4. The molecule has 0 aliphatic heterocycles. The van der Waals surface area contributed by atoms with Crippen molar-refractivity contribution in [3.63, 3.8) is 0 Å². The van der Waals surface area contributed by atoms with E-state index in [9.17, 15) is 4.79 Å². The van der Waals surface area contributed by atoms with Crippen LogP contribution in [-0.2, 0) is 19.6 Å². The number of aromatic nitrogens is 5. The van der Waals surface area contributed by atoms with E-state index in [4.69, 9.17) is 33.9 Å². The lowest BCUT2D eigenvalue weighted by molar-refractivity contribution is 0.579. The van der Waals surface area contributed by atoms with Gasteiger partial charge in [0.15, 0.2) is 0 Å². The fourth-order valence-corrected chi connectivity index (χ4v) is 4.50. The van der Waals surface area contributed by atoms with Gasteiger partial charge in [-0.3, -0.25) is 9.78 Å². The molecule has 0 aliphatic carbocycles. The summed E-state index contributed by atoms with van der Waals surface area (Å²) in [6.07, 6.45) is 5.08. The van der Waals surface area contributed by atoms with Gasteiger partial charge in [-0.2, -0.15) is 0 Å². The third-order valence-corrected chi connectivity index (χ3v) is 6.51. The number of nitrogens with two attached hydrogens (primary N) is 1. The largest absolute Gasteiger partial charge is 0.335 e. The Kier molecular flexibility index (Phi) is 5.48. The number of benzene rings is 1. The van der Waals surface area contributed by atoms with Gasteiger partial charge < -0.3 is 14.9 Å². The molecule has 0 bridgehead atoms. The molecule has 4 heterocycles. The van der Waals surface area contributed by atoms with Gasteiger partial charge in [-0.1, -0.05) is 41.4 Å². The molecule has 5 aromatic rings. The van der Waals surface area contributed by atoms with Crippen LogP contribution in [0.5, 0.6) is 0 Å². The summed E-state index contributed by atoms with van der Waals surface area (Å²) in [5.74, 6) is 0. The third kappa shape index (κ3) is 3.58. The summed E-state index contributed by atoms with van der Waals surface area (Å²) >= 11 is 12.3. The molecule has 2 N–H and O–H groups in total. The lowest BCUT2D eigenvalue weighted by atomic mass is 9.83. The lowest BCUT2D eigenvalue weighted by Crippen LogP contribution is -2.41. The number of nitrogens with zero attached hydrogens (tertiary/aromatic N) is 5. The predicted molar refractivity (Wildman–Crippen MR) is 134 cm³/mol. The first-order valence-electron chi connectivity index (χ1n) is 10.4. The zero-order chi connectivity index (χ0) is 24.0. The standard InChI is InChI=1S/C25H20Cl2N6O/c1-32-14-29-13-22(32)25(28,15-6-8-16(26)9-7-15)21-10-18-17(19-4-3-5-23(27)31-19)11-24(34)33(2)20(18)12-30-21/h3-14H,28H2,1-2H3. The molecule has 7 nitrogen and oxygen atoms in total. The van der Waals surface area contributed by atoms with Crippen LogP contribution in [0.1, 0.15) is 17.0 Å². The summed E-state index contributed by atoms with van der Waals surface area (Å²) in [4.78, 5) is 26.1. The fourth-order valence-electron chi connectivity index (χ4n) is 4.21. The number of hydrogen-bond donors (Lipinski definition) is 1. The Morgan fingerprint density at radius 3 is 2.44 bits per heavy atom. The van der Waals surface area contributed by atoms with Crippen molar-refractivity contribution in [3.8, 4) is 11.3 Å². The molecule has 0 saturated heterocycles. The number of aryl methyl sites for hydroxylation is 2. The van der Waals surface area contributed by atoms with Crippen LogP contribution in [0.15, 0.2) is 78.1 Å². The molecule has 0 aliphatic rings. The first-order chi connectivity index (χ1) is 16.3. The van der Waals surface area contributed by atoms with Gasteiger partial charge in [0.05, 0.1) is 41.3 Å². The monoisotopic (exact) mass is 490 g/mol. The highest BCUT2D eigenvalue weighted by atomic mass is 35.5. The van der Waals surface area contributed by atoms with Crippen LogP contribution >= 0.6 is 23.2 Å². The van der Waals surface area contributed by atoms with Crippen LogP contribution in [0.2, 0.25) is 10.2 Å². The summed E-state index contributed by atoms with van der Waals surface area (Å²) in [5, 5.41) is 1.71. The second-order valence-electron chi connectivity index (χ2n) is 8.09. The summed E-state index contributed by atoms with van der Waals surface area (Å²) in [7, 11) is 3.59. The highest BCUT2D eigenvalue weighted by molar-refractivity contribution is 6.30. The lowest BCUT2D eigenvalue weighted by Gasteiger charge is -2.30. The Morgan fingerprint density at radius 2 is 1.76 bits per heavy atom. The van der Waals surface area contributed by atoms with E-state index in [-0.39, 0.29) is 5.56 Å². The zero-order valence-electron chi connectivity index (χ0n) is 18.4. The fraction of sp³-hybridized carbons (Fsp3) is 0.120. The smallest absolute Gasteiger partial charge is 0.251 e. The van der Waals surface area contributed by atoms with Crippen molar-refractivity contribution in [1.82, 2.24) is 24.1 Å². The first-order valence-corrected chi connectivity index (χ1v) is 11.2. The van der Waals surface area contributed by atoms with Gasteiger partial charge in [-0.25, -0.2) is 9.97 Å². The Bertz CT molecular complexity index is 1590. The van der Waals surface area contributed by atoms with Crippen molar-refractivity contribution in [2.45, 2.75) is 5.54 Å². The Balaban J connectivity index is 1.84. The van der Waals surface area contributed by atoms with Crippen molar-refractivity contribution >= 4 is 34.1 Å².